The second-order valence-electron chi connectivity index (χ2n) is 6.35. The van der Waals surface area contributed by atoms with Gasteiger partial charge in [-0.05, 0) is 24.6 Å². The van der Waals surface area contributed by atoms with Crippen molar-refractivity contribution in [2.75, 3.05) is 6.54 Å². The SMILES string of the molecule is Cc1ccc([C@@H](CC(=O)[O-])NC(=O)CN2C(=O)c3ccccc3C2=O)cc1. The van der Waals surface area contributed by atoms with Gasteiger partial charge in [-0.3, -0.25) is 19.3 Å². The lowest BCUT2D eigenvalue weighted by molar-refractivity contribution is -0.306. The Morgan fingerprint density at radius 3 is 2.07 bits per heavy atom. The standard InChI is InChI=1S/C20H18N2O5/c1-12-6-8-13(9-7-12)16(10-18(24)25)21-17(23)11-22-19(26)14-4-2-3-5-15(14)20(22)27/h2-9,16H,10-11H2,1H3,(H,21,23)(H,24,25)/p-1/t16-/m1/s1. The number of hydrogen-bond donors (Lipinski definition) is 1. The van der Waals surface area contributed by atoms with E-state index in [0.29, 0.717) is 5.56 Å². The summed E-state index contributed by atoms with van der Waals surface area (Å²) >= 11 is 0. The molecule has 1 aliphatic heterocycles. The largest absolute Gasteiger partial charge is 0.550 e. The molecule has 2 aromatic carbocycles. The lowest BCUT2D eigenvalue weighted by Gasteiger charge is -2.21. The first-order valence-electron chi connectivity index (χ1n) is 8.38. The van der Waals surface area contributed by atoms with E-state index in [0.717, 1.165) is 10.5 Å². The predicted octanol–water partition coefficient (Wildman–Crippen LogP) is 0.589. The molecule has 0 bridgehead atoms. The number of aliphatic carboxylic acids is 1. The van der Waals surface area contributed by atoms with E-state index in [1.807, 2.05) is 6.92 Å². The quantitative estimate of drug-likeness (QED) is 0.754. The number of carbonyl (C=O) groups is 4. The number of aryl methyl sites for hydroxylation is 1. The zero-order chi connectivity index (χ0) is 19.6. The molecular weight excluding hydrogens is 348 g/mol. The third-order valence-electron chi connectivity index (χ3n) is 4.37. The van der Waals surface area contributed by atoms with Crippen LogP contribution in [0.1, 0.15) is 44.3 Å². The van der Waals surface area contributed by atoms with Crippen molar-refractivity contribution in [3.05, 3.63) is 70.8 Å². The van der Waals surface area contributed by atoms with E-state index in [-0.39, 0.29) is 11.1 Å². The highest BCUT2D eigenvalue weighted by Crippen LogP contribution is 2.22. The molecule has 3 rings (SSSR count). The van der Waals surface area contributed by atoms with Gasteiger partial charge in [-0.1, -0.05) is 42.0 Å². The third kappa shape index (κ3) is 3.87. The van der Waals surface area contributed by atoms with Crippen LogP contribution in [0.15, 0.2) is 48.5 Å². The molecule has 1 heterocycles. The number of fused-ring (bicyclic) bond motifs is 1. The van der Waals surface area contributed by atoms with Gasteiger partial charge in [0.2, 0.25) is 5.91 Å². The Balaban J connectivity index is 1.73. The molecule has 0 radical (unpaired) electrons. The van der Waals surface area contributed by atoms with E-state index in [1.54, 1.807) is 36.4 Å². The first kappa shape index (κ1) is 18.3. The molecule has 1 aliphatic rings. The number of benzene rings is 2. The topological polar surface area (TPSA) is 107 Å². The fourth-order valence-corrected chi connectivity index (χ4v) is 2.98. The van der Waals surface area contributed by atoms with Crippen LogP contribution in [0.5, 0.6) is 0 Å². The molecule has 0 fully saturated rings. The number of rotatable bonds is 6. The lowest BCUT2D eigenvalue weighted by atomic mass is 10.0. The first-order valence-corrected chi connectivity index (χ1v) is 8.38. The number of carbonyl (C=O) groups excluding carboxylic acids is 4. The van der Waals surface area contributed by atoms with E-state index in [4.69, 9.17) is 0 Å². The molecule has 0 saturated heterocycles. The molecule has 1 N–H and O–H groups in total. The number of nitrogens with one attached hydrogen (secondary N) is 1. The van der Waals surface area contributed by atoms with Gasteiger partial charge < -0.3 is 15.2 Å². The summed E-state index contributed by atoms with van der Waals surface area (Å²) in [7, 11) is 0. The zero-order valence-electron chi connectivity index (χ0n) is 14.6. The van der Waals surface area contributed by atoms with Crippen molar-refractivity contribution < 1.29 is 24.3 Å². The average Bonchev–Trinajstić information content (AvgIpc) is 2.87. The Morgan fingerprint density at radius 2 is 1.56 bits per heavy atom. The van der Waals surface area contributed by atoms with Gasteiger partial charge in [0.15, 0.2) is 0 Å². The monoisotopic (exact) mass is 365 g/mol. The Hall–Kier alpha value is -3.48. The van der Waals surface area contributed by atoms with Gasteiger partial charge in [-0.25, -0.2) is 0 Å². The molecule has 0 aromatic heterocycles. The second-order valence-corrected chi connectivity index (χ2v) is 6.35. The van der Waals surface area contributed by atoms with Crippen molar-refractivity contribution in [3.63, 3.8) is 0 Å². The summed E-state index contributed by atoms with van der Waals surface area (Å²) in [5.41, 5.74) is 2.09. The number of nitrogens with zero attached hydrogens (tertiary/aromatic N) is 1. The maximum absolute atomic E-state index is 12.4. The summed E-state index contributed by atoms with van der Waals surface area (Å²) < 4.78 is 0. The summed E-state index contributed by atoms with van der Waals surface area (Å²) in [6.07, 6.45) is -0.420. The molecule has 2 aromatic rings. The lowest BCUT2D eigenvalue weighted by Crippen LogP contribution is -2.42. The Kier molecular flexibility index (Phi) is 5.03. The van der Waals surface area contributed by atoms with Crippen LogP contribution in [0.3, 0.4) is 0 Å². The van der Waals surface area contributed by atoms with Crippen molar-refractivity contribution in [2.45, 2.75) is 19.4 Å². The Labute approximate surface area is 155 Å². The minimum absolute atomic E-state index is 0.250. The number of amides is 3. The first-order chi connectivity index (χ1) is 12.9. The van der Waals surface area contributed by atoms with E-state index in [9.17, 15) is 24.3 Å². The van der Waals surface area contributed by atoms with Crippen molar-refractivity contribution in [1.29, 1.82) is 0 Å². The van der Waals surface area contributed by atoms with Crippen LogP contribution >= 0.6 is 0 Å². The molecule has 0 aliphatic carbocycles. The summed E-state index contributed by atoms with van der Waals surface area (Å²) in [5, 5.41) is 13.6. The Bertz CT molecular complexity index is 885. The normalized spacial score (nSPS) is 14.0. The van der Waals surface area contributed by atoms with Crippen LogP contribution in [-0.2, 0) is 9.59 Å². The van der Waals surface area contributed by atoms with Crippen molar-refractivity contribution in [2.24, 2.45) is 0 Å². The highest BCUT2D eigenvalue weighted by atomic mass is 16.4. The van der Waals surface area contributed by atoms with Crippen LogP contribution in [0, 0.1) is 6.92 Å². The van der Waals surface area contributed by atoms with Gasteiger partial charge >= 0.3 is 0 Å². The van der Waals surface area contributed by atoms with Gasteiger partial charge in [0.25, 0.3) is 11.8 Å². The summed E-state index contributed by atoms with van der Waals surface area (Å²) in [6.45, 7) is 1.40. The highest BCUT2D eigenvalue weighted by molar-refractivity contribution is 6.22. The molecule has 3 amide bonds. The van der Waals surface area contributed by atoms with Gasteiger partial charge in [0.05, 0.1) is 17.2 Å². The maximum atomic E-state index is 12.4. The van der Waals surface area contributed by atoms with E-state index >= 15 is 0 Å². The number of hydrogen-bond acceptors (Lipinski definition) is 5. The van der Waals surface area contributed by atoms with Crippen LogP contribution in [0.4, 0.5) is 0 Å². The molecule has 7 nitrogen and oxygen atoms in total. The molecule has 138 valence electrons. The van der Waals surface area contributed by atoms with Crippen molar-refractivity contribution in [1.82, 2.24) is 10.2 Å². The molecule has 27 heavy (non-hydrogen) atoms. The average molecular weight is 365 g/mol. The third-order valence-corrected chi connectivity index (χ3v) is 4.37. The Morgan fingerprint density at radius 1 is 1.00 bits per heavy atom. The molecule has 0 spiro atoms. The van der Waals surface area contributed by atoms with Crippen molar-refractivity contribution in [3.8, 4) is 0 Å². The van der Waals surface area contributed by atoms with Crippen LogP contribution in [0.25, 0.3) is 0 Å². The van der Waals surface area contributed by atoms with E-state index in [2.05, 4.69) is 5.32 Å². The van der Waals surface area contributed by atoms with Crippen molar-refractivity contribution >= 4 is 23.7 Å². The second kappa shape index (κ2) is 7.41. The smallest absolute Gasteiger partial charge is 0.262 e. The molecule has 0 saturated carbocycles. The van der Waals surface area contributed by atoms with Gasteiger partial charge in [-0.2, -0.15) is 0 Å². The number of carboxylic acids is 1. The van der Waals surface area contributed by atoms with E-state index < -0.39 is 42.7 Å². The minimum atomic E-state index is -1.32. The summed E-state index contributed by atoms with van der Waals surface area (Å²) in [5.74, 6) is -3.03. The summed E-state index contributed by atoms with van der Waals surface area (Å²) in [4.78, 5) is 49.0. The zero-order valence-corrected chi connectivity index (χ0v) is 14.6. The van der Waals surface area contributed by atoms with Crippen LogP contribution < -0.4 is 10.4 Å². The fourth-order valence-electron chi connectivity index (χ4n) is 2.98. The van der Waals surface area contributed by atoms with Gasteiger partial charge in [-0.15, -0.1) is 0 Å². The van der Waals surface area contributed by atoms with Crippen LogP contribution in [0.2, 0.25) is 0 Å². The molecular formula is C20H17N2O5-. The molecule has 0 unspecified atom stereocenters. The number of imide groups is 1. The van der Waals surface area contributed by atoms with E-state index in [1.165, 1.54) is 12.1 Å². The predicted molar refractivity (Wildman–Crippen MR) is 93.5 cm³/mol. The molecule has 7 heteroatoms. The van der Waals surface area contributed by atoms with Crippen LogP contribution in [-0.4, -0.2) is 35.1 Å². The molecule has 1 atom stereocenters. The minimum Gasteiger partial charge on any atom is -0.550 e. The highest BCUT2D eigenvalue weighted by Gasteiger charge is 2.36. The number of carboxylic acid groups (broad SMARTS) is 1. The van der Waals surface area contributed by atoms with Gasteiger partial charge in [0, 0.05) is 12.4 Å². The van der Waals surface area contributed by atoms with Gasteiger partial charge in [0.1, 0.15) is 6.54 Å². The fraction of sp³-hybridized carbons (Fsp3) is 0.200. The summed E-state index contributed by atoms with van der Waals surface area (Å²) in [6, 6.07) is 12.5. The maximum Gasteiger partial charge on any atom is 0.262 e.